The van der Waals surface area contributed by atoms with E-state index in [0.29, 0.717) is 12.8 Å². The zero-order valence-corrected chi connectivity index (χ0v) is 13.2. The molecule has 1 nitrogen and oxygen atoms in total. The van der Waals surface area contributed by atoms with E-state index in [1.54, 1.807) is 11.3 Å². The normalized spacial score (nSPS) is 10.8. The van der Waals surface area contributed by atoms with Gasteiger partial charge in [-0.3, -0.25) is 4.79 Å². The van der Waals surface area contributed by atoms with Gasteiger partial charge in [-0.15, -0.1) is 11.3 Å². The lowest BCUT2D eigenvalue weighted by Crippen LogP contribution is -2.06. The van der Waals surface area contributed by atoms with E-state index < -0.39 is 0 Å². The summed E-state index contributed by atoms with van der Waals surface area (Å²) in [6.07, 6.45) is 1.01. The Balaban J connectivity index is 1.74. The SMILES string of the molecule is O=C(Cc1ccc(Br)cc1)Cc1csc2ccccc12. The predicted octanol–water partition coefficient (Wildman–Crippen LogP) is 5.02. The molecule has 0 amide bonds. The summed E-state index contributed by atoms with van der Waals surface area (Å²) in [7, 11) is 0. The minimum atomic E-state index is 0.260. The van der Waals surface area contributed by atoms with Crippen molar-refractivity contribution in [1.29, 1.82) is 0 Å². The molecule has 0 aliphatic carbocycles. The van der Waals surface area contributed by atoms with Crippen LogP contribution in [0.4, 0.5) is 0 Å². The number of fused-ring (bicyclic) bond motifs is 1. The third-order valence-corrected chi connectivity index (χ3v) is 4.80. The highest BCUT2D eigenvalue weighted by Gasteiger charge is 2.09. The second-order valence-corrected chi connectivity index (χ2v) is 6.60. The molecule has 0 unspecified atom stereocenters. The Bertz CT molecular complexity index is 743. The summed E-state index contributed by atoms with van der Waals surface area (Å²) < 4.78 is 2.29. The van der Waals surface area contributed by atoms with Crippen LogP contribution in [0.25, 0.3) is 10.1 Å². The maximum absolute atomic E-state index is 12.2. The first-order valence-corrected chi connectivity index (χ1v) is 8.11. The van der Waals surface area contributed by atoms with Crippen molar-refractivity contribution in [3.05, 3.63) is 69.5 Å². The number of carbonyl (C=O) groups is 1. The Labute approximate surface area is 130 Å². The number of hydrogen-bond acceptors (Lipinski definition) is 2. The van der Waals surface area contributed by atoms with Crippen molar-refractivity contribution < 1.29 is 4.79 Å². The summed E-state index contributed by atoms with van der Waals surface area (Å²) in [4.78, 5) is 12.2. The third kappa shape index (κ3) is 3.00. The molecule has 0 N–H and O–H groups in total. The zero-order valence-electron chi connectivity index (χ0n) is 10.8. The monoisotopic (exact) mass is 344 g/mol. The van der Waals surface area contributed by atoms with Gasteiger partial charge in [0.15, 0.2) is 0 Å². The number of hydrogen-bond donors (Lipinski definition) is 0. The van der Waals surface area contributed by atoms with E-state index in [1.807, 2.05) is 36.4 Å². The van der Waals surface area contributed by atoms with Crippen LogP contribution < -0.4 is 0 Å². The van der Waals surface area contributed by atoms with Crippen LogP contribution in [0, 0.1) is 0 Å². The van der Waals surface area contributed by atoms with Crippen molar-refractivity contribution in [3.8, 4) is 0 Å². The molecule has 0 saturated carbocycles. The first kappa shape index (κ1) is 13.5. The number of ketones is 1. The summed E-state index contributed by atoms with van der Waals surface area (Å²) >= 11 is 5.11. The number of rotatable bonds is 4. The summed E-state index contributed by atoms with van der Waals surface area (Å²) in [5.41, 5.74) is 2.21. The Morgan fingerprint density at radius 3 is 2.55 bits per heavy atom. The van der Waals surface area contributed by atoms with Gasteiger partial charge in [0.1, 0.15) is 5.78 Å². The molecule has 20 heavy (non-hydrogen) atoms. The molecule has 3 heteroatoms. The molecule has 3 aromatic rings. The van der Waals surface area contributed by atoms with Gasteiger partial charge in [0.2, 0.25) is 0 Å². The van der Waals surface area contributed by atoms with Gasteiger partial charge in [0.25, 0.3) is 0 Å². The molecule has 0 fully saturated rings. The van der Waals surface area contributed by atoms with Crippen LogP contribution in [-0.2, 0) is 17.6 Å². The molecule has 1 aromatic heterocycles. The van der Waals surface area contributed by atoms with Crippen LogP contribution in [0.1, 0.15) is 11.1 Å². The maximum atomic E-state index is 12.2. The van der Waals surface area contributed by atoms with E-state index in [1.165, 1.54) is 10.1 Å². The van der Waals surface area contributed by atoms with E-state index in [0.717, 1.165) is 15.6 Å². The molecule has 0 radical (unpaired) electrons. The van der Waals surface area contributed by atoms with E-state index >= 15 is 0 Å². The molecule has 0 bridgehead atoms. The lowest BCUT2D eigenvalue weighted by Gasteiger charge is -2.02. The first-order chi connectivity index (χ1) is 9.72. The average molecular weight is 345 g/mol. The number of thiophene rings is 1. The van der Waals surface area contributed by atoms with Crippen LogP contribution in [0.2, 0.25) is 0 Å². The van der Waals surface area contributed by atoms with Crippen molar-refractivity contribution >= 4 is 43.1 Å². The fraction of sp³-hybridized carbons (Fsp3) is 0.118. The smallest absolute Gasteiger partial charge is 0.141 e. The van der Waals surface area contributed by atoms with Crippen molar-refractivity contribution in [2.24, 2.45) is 0 Å². The fourth-order valence-corrected chi connectivity index (χ4v) is 3.50. The lowest BCUT2D eigenvalue weighted by atomic mass is 10.0. The van der Waals surface area contributed by atoms with Crippen molar-refractivity contribution in [2.45, 2.75) is 12.8 Å². The summed E-state index contributed by atoms with van der Waals surface area (Å²) in [5.74, 6) is 0.260. The second kappa shape index (κ2) is 5.90. The van der Waals surface area contributed by atoms with Gasteiger partial charge < -0.3 is 0 Å². The minimum Gasteiger partial charge on any atom is -0.299 e. The highest BCUT2D eigenvalue weighted by Crippen LogP contribution is 2.26. The van der Waals surface area contributed by atoms with E-state index in [4.69, 9.17) is 0 Å². The molecular weight excluding hydrogens is 332 g/mol. The van der Waals surface area contributed by atoms with Gasteiger partial charge in [-0.1, -0.05) is 46.3 Å². The van der Waals surface area contributed by atoms with Crippen LogP contribution in [-0.4, -0.2) is 5.78 Å². The van der Waals surface area contributed by atoms with Crippen molar-refractivity contribution in [1.82, 2.24) is 0 Å². The standard InChI is InChI=1S/C17H13BrOS/c18-14-7-5-12(6-8-14)9-15(19)10-13-11-20-17-4-2-1-3-16(13)17/h1-8,11H,9-10H2. The molecule has 1 heterocycles. The number of Topliss-reactive ketones (excluding diaryl/α,β-unsaturated/α-hetero) is 1. The Morgan fingerprint density at radius 2 is 1.75 bits per heavy atom. The number of carbonyl (C=O) groups excluding carboxylic acids is 1. The van der Waals surface area contributed by atoms with Gasteiger partial charge in [0, 0.05) is 22.0 Å². The highest BCUT2D eigenvalue weighted by molar-refractivity contribution is 9.10. The Kier molecular flexibility index (Phi) is 3.99. The minimum absolute atomic E-state index is 0.260. The van der Waals surface area contributed by atoms with E-state index in [9.17, 15) is 4.79 Å². The first-order valence-electron chi connectivity index (χ1n) is 6.43. The number of halogens is 1. The van der Waals surface area contributed by atoms with Crippen LogP contribution in [0.3, 0.4) is 0 Å². The molecular formula is C17H13BrOS. The molecule has 2 aromatic carbocycles. The van der Waals surface area contributed by atoms with Gasteiger partial charge in [-0.05, 0) is 40.1 Å². The summed E-state index contributed by atoms with van der Waals surface area (Å²) in [6, 6.07) is 16.2. The molecule has 3 rings (SSSR count). The van der Waals surface area contributed by atoms with Gasteiger partial charge in [-0.2, -0.15) is 0 Å². The molecule has 0 saturated heterocycles. The molecule has 0 aliphatic rings. The molecule has 0 atom stereocenters. The van der Waals surface area contributed by atoms with Gasteiger partial charge in [-0.25, -0.2) is 0 Å². The Hall–Kier alpha value is -1.45. The largest absolute Gasteiger partial charge is 0.299 e. The molecule has 0 aliphatic heterocycles. The van der Waals surface area contributed by atoms with E-state index in [2.05, 4.69) is 33.4 Å². The van der Waals surface area contributed by atoms with Gasteiger partial charge >= 0.3 is 0 Å². The van der Waals surface area contributed by atoms with E-state index in [-0.39, 0.29) is 5.78 Å². The summed E-state index contributed by atoms with van der Waals surface area (Å²) in [5, 5.41) is 3.31. The predicted molar refractivity (Wildman–Crippen MR) is 88.4 cm³/mol. The van der Waals surface area contributed by atoms with Crippen LogP contribution in [0.5, 0.6) is 0 Å². The Morgan fingerprint density at radius 1 is 1.00 bits per heavy atom. The van der Waals surface area contributed by atoms with Crippen LogP contribution >= 0.6 is 27.3 Å². The van der Waals surface area contributed by atoms with Gasteiger partial charge in [0.05, 0.1) is 0 Å². The lowest BCUT2D eigenvalue weighted by molar-refractivity contribution is -0.117. The zero-order chi connectivity index (χ0) is 13.9. The summed E-state index contributed by atoms with van der Waals surface area (Å²) in [6.45, 7) is 0. The molecule has 0 spiro atoms. The second-order valence-electron chi connectivity index (χ2n) is 4.78. The average Bonchev–Trinajstić information content (AvgIpc) is 2.85. The number of benzene rings is 2. The maximum Gasteiger partial charge on any atom is 0.141 e. The third-order valence-electron chi connectivity index (χ3n) is 3.26. The molecule has 100 valence electrons. The van der Waals surface area contributed by atoms with Crippen molar-refractivity contribution in [2.75, 3.05) is 0 Å². The quantitative estimate of drug-likeness (QED) is 0.649. The van der Waals surface area contributed by atoms with Crippen molar-refractivity contribution in [3.63, 3.8) is 0 Å². The van der Waals surface area contributed by atoms with Crippen LogP contribution in [0.15, 0.2) is 58.4 Å². The highest BCUT2D eigenvalue weighted by atomic mass is 79.9. The topological polar surface area (TPSA) is 17.1 Å². The fourth-order valence-electron chi connectivity index (χ4n) is 2.27.